The lowest BCUT2D eigenvalue weighted by molar-refractivity contribution is 0.0991. The van der Waals surface area contributed by atoms with Gasteiger partial charge in [0.1, 0.15) is 0 Å². The number of rotatable bonds is 2. The van der Waals surface area contributed by atoms with E-state index >= 15 is 0 Å². The van der Waals surface area contributed by atoms with E-state index in [1.807, 2.05) is 0 Å². The molecule has 1 amide bonds. The number of ether oxygens (including phenoxy) is 1. The van der Waals surface area contributed by atoms with Gasteiger partial charge in [0.25, 0.3) is 5.91 Å². The molecule has 0 aliphatic carbocycles. The molecule has 2 N–H and O–H groups in total. The van der Waals surface area contributed by atoms with Crippen molar-refractivity contribution >= 4 is 5.91 Å². The highest BCUT2D eigenvalue weighted by molar-refractivity contribution is 5.92. The van der Waals surface area contributed by atoms with Crippen molar-refractivity contribution in [3.05, 3.63) is 18.1 Å². The first-order valence-electron chi connectivity index (χ1n) is 4.20. The van der Waals surface area contributed by atoms with Crippen LogP contribution in [0.3, 0.4) is 0 Å². The molecule has 1 aromatic rings. The second kappa shape index (κ2) is 2.96. The maximum absolute atomic E-state index is 10.8. The second-order valence-corrected chi connectivity index (χ2v) is 1.68. The van der Waals surface area contributed by atoms with Crippen LogP contribution in [0.2, 0.25) is 0 Å². The van der Waals surface area contributed by atoms with Gasteiger partial charge in [0.15, 0.2) is 5.69 Å². The topological polar surface area (TPSA) is 78.1 Å². The molecule has 5 nitrogen and oxygen atoms in total. The highest BCUT2D eigenvalue weighted by atomic mass is 16.5. The molecule has 0 saturated carbocycles. The minimum atomic E-state index is -2.68. The fourth-order valence-corrected chi connectivity index (χ4v) is 0.569. The van der Waals surface area contributed by atoms with Crippen LogP contribution in [0.25, 0.3) is 0 Å². The predicted molar refractivity (Wildman–Crippen MR) is 37.1 cm³/mol. The molecular formula is C6H7N3O2. The Bertz CT molecular complexity index is 352. The summed E-state index contributed by atoms with van der Waals surface area (Å²) >= 11 is 0. The van der Waals surface area contributed by atoms with Crippen LogP contribution >= 0.6 is 0 Å². The van der Waals surface area contributed by atoms with Gasteiger partial charge in [-0.05, 0) is 0 Å². The zero-order valence-electron chi connectivity index (χ0n) is 8.44. The van der Waals surface area contributed by atoms with E-state index in [1.165, 1.54) is 12.4 Å². The molecule has 0 fully saturated rings. The quantitative estimate of drug-likeness (QED) is 0.631. The van der Waals surface area contributed by atoms with Gasteiger partial charge in [0.2, 0.25) is 5.88 Å². The average molecular weight is 156 g/mol. The SMILES string of the molecule is [2H]C([2H])([2H])Oc1nccnc1C(N)=O. The lowest BCUT2D eigenvalue weighted by Crippen LogP contribution is -2.14. The molecule has 0 spiro atoms. The Hall–Kier alpha value is -1.65. The van der Waals surface area contributed by atoms with Crippen molar-refractivity contribution in [2.45, 2.75) is 0 Å². The van der Waals surface area contributed by atoms with E-state index in [4.69, 9.17) is 9.85 Å². The van der Waals surface area contributed by atoms with Crippen molar-refractivity contribution < 1.29 is 13.6 Å². The third-order valence-electron chi connectivity index (χ3n) is 0.995. The lowest BCUT2D eigenvalue weighted by Gasteiger charge is -2.00. The van der Waals surface area contributed by atoms with Gasteiger partial charge < -0.3 is 10.5 Å². The lowest BCUT2D eigenvalue weighted by atomic mass is 10.4. The summed E-state index contributed by atoms with van der Waals surface area (Å²) in [6, 6.07) is 0. The highest BCUT2D eigenvalue weighted by Gasteiger charge is 2.09. The molecule has 1 heterocycles. The summed E-state index contributed by atoms with van der Waals surface area (Å²) in [6.07, 6.45) is 2.42. The van der Waals surface area contributed by atoms with Gasteiger partial charge in [-0.1, -0.05) is 0 Å². The summed E-state index contributed by atoms with van der Waals surface area (Å²) in [5, 5.41) is 0. The van der Waals surface area contributed by atoms with Crippen LogP contribution in [0.1, 0.15) is 14.6 Å². The number of nitrogens with two attached hydrogens (primary N) is 1. The molecule has 0 aromatic carbocycles. The number of aromatic nitrogens is 2. The minimum Gasteiger partial charge on any atom is -0.479 e. The maximum Gasteiger partial charge on any atom is 0.272 e. The number of primary amides is 1. The molecule has 0 bridgehead atoms. The Kier molecular flexibility index (Phi) is 1.15. The summed E-state index contributed by atoms with van der Waals surface area (Å²) in [7, 11) is -2.68. The summed E-state index contributed by atoms with van der Waals surface area (Å²) < 4.78 is 24.8. The number of amides is 1. The van der Waals surface area contributed by atoms with Crippen LogP contribution in [0.4, 0.5) is 0 Å². The Balaban J connectivity index is 3.02. The molecule has 0 atom stereocenters. The van der Waals surface area contributed by atoms with Crippen LogP contribution in [-0.4, -0.2) is 22.9 Å². The van der Waals surface area contributed by atoms with Crippen molar-refractivity contribution in [3.8, 4) is 5.88 Å². The van der Waals surface area contributed by atoms with E-state index in [2.05, 4.69) is 14.7 Å². The minimum absolute atomic E-state index is 0.302. The largest absolute Gasteiger partial charge is 0.479 e. The number of hydrogen-bond acceptors (Lipinski definition) is 4. The van der Waals surface area contributed by atoms with E-state index in [1.54, 1.807) is 0 Å². The monoisotopic (exact) mass is 156 g/mol. The molecule has 0 saturated heterocycles. The summed E-state index contributed by atoms with van der Waals surface area (Å²) in [5.41, 5.74) is 4.63. The first kappa shape index (κ1) is 4.27. The van der Waals surface area contributed by atoms with E-state index < -0.39 is 12.9 Å². The molecule has 58 valence electrons. The van der Waals surface area contributed by atoms with E-state index in [9.17, 15) is 4.79 Å². The molecule has 11 heavy (non-hydrogen) atoms. The highest BCUT2D eigenvalue weighted by Crippen LogP contribution is 2.08. The molecule has 1 aromatic heterocycles. The van der Waals surface area contributed by atoms with Crippen LogP contribution < -0.4 is 10.5 Å². The van der Waals surface area contributed by atoms with Crippen LogP contribution in [-0.2, 0) is 0 Å². The van der Waals surface area contributed by atoms with Crippen LogP contribution in [0.5, 0.6) is 5.88 Å². The van der Waals surface area contributed by atoms with Crippen molar-refractivity contribution in [3.63, 3.8) is 0 Å². The fourth-order valence-electron chi connectivity index (χ4n) is 0.569. The van der Waals surface area contributed by atoms with E-state index in [0.29, 0.717) is 0 Å². The van der Waals surface area contributed by atoms with E-state index in [-0.39, 0.29) is 11.6 Å². The predicted octanol–water partition coefficient (Wildman–Crippen LogP) is -0.416. The molecule has 0 radical (unpaired) electrons. The smallest absolute Gasteiger partial charge is 0.272 e. The average Bonchev–Trinajstić information content (AvgIpc) is 2.01. The van der Waals surface area contributed by atoms with Crippen molar-refractivity contribution in [2.24, 2.45) is 5.73 Å². The molecule has 0 aliphatic heterocycles. The third kappa shape index (κ3) is 1.43. The van der Waals surface area contributed by atoms with Crippen molar-refractivity contribution in [1.82, 2.24) is 9.97 Å². The molecular weight excluding hydrogens is 146 g/mol. The van der Waals surface area contributed by atoms with Crippen molar-refractivity contribution in [1.29, 1.82) is 0 Å². The molecule has 5 heteroatoms. The Morgan fingerprint density at radius 1 is 1.73 bits per heavy atom. The van der Waals surface area contributed by atoms with Gasteiger partial charge in [-0.3, -0.25) is 4.79 Å². The second-order valence-electron chi connectivity index (χ2n) is 1.68. The number of carbonyl (C=O) groups is 1. The van der Waals surface area contributed by atoms with Gasteiger partial charge in [0.05, 0.1) is 11.2 Å². The maximum atomic E-state index is 10.8. The molecule has 1 rings (SSSR count). The zero-order valence-corrected chi connectivity index (χ0v) is 5.44. The van der Waals surface area contributed by atoms with E-state index in [0.717, 1.165) is 0 Å². The van der Waals surface area contributed by atoms with Crippen LogP contribution in [0, 0.1) is 0 Å². The van der Waals surface area contributed by atoms with Crippen molar-refractivity contribution in [2.75, 3.05) is 7.04 Å². The van der Waals surface area contributed by atoms with Gasteiger partial charge in [-0.15, -0.1) is 0 Å². The zero-order chi connectivity index (χ0) is 10.8. The standard InChI is InChI=1S/C6H7N3O2/c1-11-6-4(5(7)10)8-2-3-9-6/h2-3H,1H3,(H2,7,10)/i1D3. The number of nitrogens with zero attached hydrogens (tertiary/aromatic N) is 2. The Labute approximate surface area is 67.4 Å². The first-order valence-corrected chi connectivity index (χ1v) is 2.70. The molecule has 0 unspecified atom stereocenters. The molecule has 0 aliphatic rings. The summed E-state index contributed by atoms with van der Waals surface area (Å²) in [4.78, 5) is 17.9. The van der Waals surface area contributed by atoms with Crippen LogP contribution in [0.15, 0.2) is 12.4 Å². The van der Waals surface area contributed by atoms with Gasteiger partial charge in [-0.2, -0.15) is 0 Å². The van der Waals surface area contributed by atoms with Gasteiger partial charge in [0, 0.05) is 12.4 Å². The fraction of sp³-hybridized carbons (Fsp3) is 0.167. The third-order valence-corrected chi connectivity index (χ3v) is 0.995. The normalized spacial score (nSPS) is 14.4. The number of methoxy groups -OCH3 is 1. The van der Waals surface area contributed by atoms with Gasteiger partial charge in [-0.25, -0.2) is 9.97 Å². The Morgan fingerprint density at radius 2 is 2.45 bits per heavy atom. The first-order chi connectivity index (χ1) is 6.40. The number of carbonyl (C=O) groups excluding carboxylic acids is 1. The summed E-state index contributed by atoms with van der Waals surface area (Å²) in [5.74, 6) is -1.28. The Morgan fingerprint density at radius 3 is 3.09 bits per heavy atom. The van der Waals surface area contributed by atoms with Gasteiger partial charge >= 0.3 is 0 Å². The number of hydrogen-bond donors (Lipinski definition) is 1. The summed E-state index contributed by atoms with van der Waals surface area (Å²) in [6.45, 7) is 0.